The van der Waals surface area contributed by atoms with Gasteiger partial charge in [0.1, 0.15) is 0 Å². The van der Waals surface area contributed by atoms with E-state index in [2.05, 4.69) is 10.6 Å². The van der Waals surface area contributed by atoms with E-state index < -0.39 is 0 Å². The van der Waals surface area contributed by atoms with Gasteiger partial charge in [0.05, 0.1) is 0 Å². The molecule has 2 aromatic rings. The van der Waals surface area contributed by atoms with E-state index in [1.807, 2.05) is 47.4 Å². The van der Waals surface area contributed by atoms with Crippen LogP contribution in [-0.2, 0) is 4.79 Å². The van der Waals surface area contributed by atoms with Gasteiger partial charge in [0.15, 0.2) is 0 Å². The Labute approximate surface area is 154 Å². The molecule has 1 saturated heterocycles. The van der Waals surface area contributed by atoms with Gasteiger partial charge in [-0.15, -0.1) is 0 Å². The third-order valence-electron chi connectivity index (χ3n) is 4.92. The molecule has 5 nitrogen and oxygen atoms in total. The van der Waals surface area contributed by atoms with E-state index in [0.717, 1.165) is 61.8 Å². The molecule has 3 rings (SSSR count). The molecule has 0 unspecified atom stereocenters. The Morgan fingerprint density at radius 2 is 1.96 bits per heavy atom. The minimum Gasteiger partial charge on any atom is -0.356 e. The summed E-state index contributed by atoms with van der Waals surface area (Å²) in [6, 6.07) is 14.3. The van der Waals surface area contributed by atoms with Gasteiger partial charge in [0, 0.05) is 44.7 Å². The molecular formula is C21H27N3O2. The van der Waals surface area contributed by atoms with Gasteiger partial charge >= 0.3 is 0 Å². The van der Waals surface area contributed by atoms with Crippen molar-refractivity contribution in [1.29, 1.82) is 0 Å². The van der Waals surface area contributed by atoms with E-state index in [1.54, 1.807) is 6.92 Å². The van der Waals surface area contributed by atoms with Crippen molar-refractivity contribution in [1.82, 2.24) is 15.5 Å². The van der Waals surface area contributed by atoms with Gasteiger partial charge in [-0.1, -0.05) is 42.8 Å². The summed E-state index contributed by atoms with van der Waals surface area (Å²) in [7, 11) is 0. The van der Waals surface area contributed by atoms with Crippen LogP contribution < -0.4 is 10.6 Å². The molecule has 2 N–H and O–H groups in total. The van der Waals surface area contributed by atoms with Crippen LogP contribution in [0, 0.1) is 0 Å². The largest absolute Gasteiger partial charge is 0.356 e. The number of carbonyl (C=O) groups excluding carboxylic acids is 2. The Bertz CT molecular complexity index is 769. The number of rotatable bonds is 6. The van der Waals surface area contributed by atoms with Crippen LogP contribution >= 0.6 is 0 Å². The summed E-state index contributed by atoms with van der Waals surface area (Å²) in [6.45, 7) is 4.57. The topological polar surface area (TPSA) is 61.4 Å². The summed E-state index contributed by atoms with van der Waals surface area (Å²) < 4.78 is 0. The fourth-order valence-corrected chi connectivity index (χ4v) is 3.57. The molecule has 0 radical (unpaired) electrons. The fourth-order valence-electron chi connectivity index (χ4n) is 3.57. The zero-order valence-electron chi connectivity index (χ0n) is 15.3. The maximum atomic E-state index is 13.1. The number of unbranched alkanes of at least 4 members (excludes halogenated alkanes) is 1. The van der Waals surface area contributed by atoms with Crippen LogP contribution in [0.2, 0.25) is 0 Å². The second kappa shape index (κ2) is 8.81. The highest BCUT2D eigenvalue weighted by molar-refractivity contribution is 6.07. The maximum absolute atomic E-state index is 13.1. The van der Waals surface area contributed by atoms with E-state index >= 15 is 0 Å². The number of benzene rings is 2. The van der Waals surface area contributed by atoms with Gasteiger partial charge in [-0.3, -0.25) is 9.59 Å². The van der Waals surface area contributed by atoms with E-state index in [1.165, 1.54) is 0 Å². The van der Waals surface area contributed by atoms with Crippen LogP contribution in [0.1, 0.15) is 36.5 Å². The molecular weight excluding hydrogens is 326 g/mol. The quantitative estimate of drug-likeness (QED) is 0.785. The highest BCUT2D eigenvalue weighted by atomic mass is 16.2. The Morgan fingerprint density at radius 3 is 2.81 bits per heavy atom. The third-order valence-corrected chi connectivity index (χ3v) is 4.92. The molecule has 0 aliphatic carbocycles. The smallest absolute Gasteiger partial charge is 0.254 e. The summed E-state index contributed by atoms with van der Waals surface area (Å²) in [5.41, 5.74) is 0.786. The number of carbonyl (C=O) groups is 2. The Balaban J connectivity index is 1.58. The average Bonchev–Trinajstić information content (AvgIpc) is 2.67. The molecule has 0 saturated carbocycles. The molecule has 138 valence electrons. The van der Waals surface area contributed by atoms with Crippen molar-refractivity contribution in [3.05, 3.63) is 48.0 Å². The Kier molecular flexibility index (Phi) is 6.23. The number of nitrogens with one attached hydrogen (secondary N) is 2. The van der Waals surface area contributed by atoms with E-state index in [9.17, 15) is 9.59 Å². The van der Waals surface area contributed by atoms with Crippen molar-refractivity contribution in [2.75, 3.05) is 26.2 Å². The fraction of sp³-hybridized carbons (Fsp3) is 0.429. The molecule has 1 aliphatic heterocycles. The van der Waals surface area contributed by atoms with Crippen LogP contribution in [0.15, 0.2) is 42.5 Å². The zero-order valence-corrected chi connectivity index (χ0v) is 15.3. The van der Waals surface area contributed by atoms with E-state index in [-0.39, 0.29) is 11.8 Å². The Morgan fingerprint density at radius 1 is 1.15 bits per heavy atom. The molecule has 0 aromatic heterocycles. The molecule has 1 aliphatic rings. The first-order valence-electron chi connectivity index (χ1n) is 9.40. The lowest BCUT2D eigenvalue weighted by Gasteiger charge is -2.34. The standard InChI is InChI=1S/C21H27N3O2/c1-16(25)22-12-5-4-9-18-15-24(14-13-23-18)21(26)20-11-6-8-17-7-2-3-10-19(17)20/h2-3,6-8,10-11,18,23H,4-5,9,12-15H2,1H3,(H,22,25)/t18-/m0/s1. The number of hydrogen-bond donors (Lipinski definition) is 2. The number of fused-ring (bicyclic) bond motifs is 1. The predicted molar refractivity (Wildman–Crippen MR) is 104 cm³/mol. The number of piperazine rings is 1. The van der Waals surface area contributed by atoms with Gasteiger partial charge in [-0.05, 0) is 29.7 Å². The van der Waals surface area contributed by atoms with Gasteiger partial charge in [-0.25, -0.2) is 0 Å². The summed E-state index contributed by atoms with van der Waals surface area (Å²) >= 11 is 0. The monoisotopic (exact) mass is 353 g/mol. The van der Waals surface area contributed by atoms with Crippen LogP contribution in [-0.4, -0.2) is 48.9 Å². The highest BCUT2D eigenvalue weighted by Gasteiger charge is 2.24. The second-order valence-corrected chi connectivity index (χ2v) is 6.91. The number of hydrogen-bond acceptors (Lipinski definition) is 3. The number of amides is 2. The van der Waals surface area contributed by atoms with Crippen molar-refractivity contribution in [3.63, 3.8) is 0 Å². The second-order valence-electron chi connectivity index (χ2n) is 6.91. The summed E-state index contributed by atoms with van der Waals surface area (Å²) in [5.74, 6) is 0.138. The van der Waals surface area contributed by atoms with E-state index in [0.29, 0.717) is 6.04 Å². The first kappa shape index (κ1) is 18.4. The van der Waals surface area contributed by atoms with Gasteiger partial charge in [-0.2, -0.15) is 0 Å². The summed E-state index contributed by atoms with van der Waals surface area (Å²) in [5, 5.41) is 8.45. The first-order valence-corrected chi connectivity index (χ1v) is 9.40. The highest BCUT2D eigenvalue weighted by Crippen LogP contribution is 2.21. The van der Waals surface area contributed by atoms with Crippen molar-refractivity contribution in [3.8, 4) is 0 Å². The van der Waals surface area contributed by atoms with Crippen LogP contribution in [0.4, 0.5) is 0 Å². The van der Waals surface area contributed by atoms with Crippen LogP contribution in [0.25, 0.3) is 10.8 Å². The first-order chi connectivity index (χ1) is 12.6. The SMILES string of the molecule is CC(=O)NCCCC[C@H]1CN(C(=O)c2cccc3ccccc23)CCN1. The van der Waals surface area contributed by atoms with Gasteiger partial charge in [0.25, 0.3) is 5.91 Å². The lowest BCUT2D eigenvalue weighted by Crippen LogP contribution is -2.52. The average molecular weight is 353 g/mol. The van der Waals surface area contributed by atoms with Crippen LogP contribution in [0.5, 0.6) is 0 Å². The van der Waals surface area contributed by atoms with Gasteiger partial charge in [0.2, 0.25) is 5.91 Å². The lowest BCUT2D eigenvalue weighted by atomic mass is 10.0. The van der Waals surface area contributed by atoms with Crippen molar-refractivity contribution >= 4 is 22.6 Å². The molecule has 2 amide bonds. The van der Waals surface area contributed by atoms with Crippen molar-refractivity contribution < 1.29 is 9.59 Å². The zero-order chi connectivity index (χ0) is 18.4. The third kappa shape index (κ3) is 4.61. The Hall–Kier alpha value is -2.40. The molecule has 1 fully saturated rings. The molecule has 1 atom stereocenters. The molecule has 0 spiro atoms. The van der Waals surface area contributed by atoms with Crippen LogP contribution in [0.3, 0.4) is 0 Å². The number of nitrogens with zero attached hydrogens (tertiary/aromatic N) is 1. The van der Waals surface area contributed by atoms with Crippen molar-refractivity contribution in [2.45, 2.75) is 32.2 Å². The van der Waals surface area contributed by atoms with E-state index in [4.69, 9.17) is 0 Å². The molecule has 5 heteroatoms. The maximum Gasteiger partial charge on any atom is 0.254 e. The molecule has 2 aromatic carbocycles. The lowest BCUT2D eigenvalue weighted by molar-refractivity contribution is -0.118. The molecule has 1 heterocycles. The summed E-state index contributed by atoms with van der Waals surface area (Å²) in [4.78, 5) is 25.9. The minimum absolute atomic E-state index is 0.0210. The minimum atomic E-state index is 0.0210. The predicted octanol–water partition coefficient (Wildman–Crippen LogP) is 2.56. The molecule has 0 bridgehead atoms. The van der Waals surface area contributed by atoms with Gasteiger partial charge < -0.3 is 15.5 Å². The van der Waals surface area contributed by atoms with Crippen molar-refractivity contribution in [2.24, 2.45) is 0 Å². The summed E-state index contributed by atoms with van der Waals surface area (Å²) in [6.07, 6.45) is 3.02. The normalized spacial score (nSPS) is 17.3. The molecule has 26 heavy (non-hydrogen) atoms.